The number of hydrogen-bond donors (Lipinski definition) is 1. The van der Waals surface area contributed by atoms with E-state index in [1.807, 2.05) is 17.0 Å². The second kappa shape index (κ2) is 6.48. The molecule has 2 aliphatic rings. The molecule has 4 heteroatoms. The fourth-order valence-electron chi connectivity index (χ4n) is 3.34. The molecular weight excluding hydrogens is 264 g/mol. The van der Waals surface area contributed by atoms with Crippen LogP contribution in [0.3, 0.4) is 0 Å². The average Bonchev–Trinajstić information content (AvgIpc) is 2.95. The van der Waals surface area contributed by atoms with E-state index in [1.54, 1.807) is 7.11 Å². The second-order valence-electron chi connectivity index (χ2n) is 6.05. The molecule has 2 fully saturated rings. The highest BCUT2D eigenvalue weighted by atomic mass is 16.5. The maximum Gasteiger partial charge on any atom is 0.227 e. The monoisotopic (exact) mass is 288 g/mol. The third-order valence-electron chi connectivity index (χ3n) is 4.63. The third kappa shape index (κ3) is 3.38. The SMILES string of the molecule is COC1CCC(Nc2ccc(N3CCCC3=O)cc2)CC1. The first-order valence-corrected chi connectivity index (χ1v) is 7.96. The van der Waals surface area contributed by atoms with Gasteiger partial charge >= 0.3 is 0 Å². The molecule has 21 heavy (non-hydrogen) atoms. The van der Waals surface area contributed by atoms with Crippen LogP contribution in [0.1, 0.15) is 38.5 Å². The Bertz CT molecular complexity index is 478. The van der Waals surface area contributed by atoms with Crippen molar-refractivity contribution in [3.05, 3.63) is 24.3 Å². The van der Waals surface area contributed by atoms with Crippen molar-refractivity contribution in [3.63, 3.8) is 0 Å². The lowest BCUT2D eigenvalue weighted by Crippen LogP contribution is -2.29. The normalized spacial score (nSPS) is 26.1. The molecule has 1 aromatic carbocycles. The molecule has 1 amide bonds. The van der Waals surface area contributed by atoms with Gasteiger partial charge in [0.15, 0.2) is 0 Å². The number of carbonyl (C=O) groups excluding carboxylic acids is 1. The number of nitrogens with zero attached hydrogens (tertiary/aromatic N) is 1. The summed E-state index contributed by atoms with van der Waals surface area (Å²) >= 11 is 0. The zero-order valence-corrected chi connectivity index (χ0v) is 12.7. The summed E-state index contributed by atoms with van der Waals surface area (Å²) in [6.45, 7) is 0.854. The van der Waals surface area contributed by atoms with Gasteiger partial charge in [0.25, 0.3) is 0 Å². The van der Waals surface area contributed by atoms with Crippen molar-refractivity contribution in [2.45, 2.75) is 50.7 Å². The third-order valence-corrected chi connectivity index (χ3v) is 4.63. The molecule has 0 radical (unpaired) electrons. The number of methoxy groups -OCH3 is 1. The van der Waals surface area contributed by atoms with Gasteiger partial charge in [-0.15, -0.1) is 0 Å². The van der Waals surface area contributed by atoms with E-state index >= 15 is 0 Å². The van der Waals surface area contributed by atoms with Crippen molar-refractivity contribution in [2.75, 3.05) is 23.9 Å². The van der Waals surface area contributed by atoms with Crippen LogP contribution < -0.4 is 10.2 Å². The summed E-state index contributed by atoms with van der Waals surface area (Å²) in [6, 6.07) is 8.81. The quantitative estimate of drug-likeness (QED) is 0.925. The molecule has 1 aromatic rings. The molecule has 1 N–H and O–H groups in total. The summed E-state index contributed by atoms with van der Waals surface area (Å²) in [7, 11) is 1.80. The van der Waals surface area contributed by atoms with Crippen LogP contribution in [-0.2, 0) is 9.53 Å². The van der Waals surface area contributed by atoms with Crippen LogP contribution in [0.5, 0.6) is 0 Å². The van der Waals surface area contributed by atoms with Gasteiger partial charge in [-0.2, -0.15) is 0 Å². The Kier molecular flexibility index (Phi) is 4.44. The second-order valence-corrected chi connectivity index (χ2v) is 6.05. The number of hydrogen-bond acceptors (Lipinski definition) is 3. The molecule has 1 heterocycles. The lowest BCUT2D eigenvalue weighted by atomic mass is 9.93. The largest absolute Gasteiger partial charge is 0.382 e. The Morgan fingerprint density at radius 3 is 2.43 bits per heavy atom. The number of ether oxygens (including phenoxy) is 1. The lowest BCUT2D eigenvalue weighted by molar-refractivity contribution is -0.117. The van der Waals surface area contributed by atoms with Gasteiger partial charge in [-0.3, -0.25) is 4.79 Å². The first-order chi connectivity index (χ1) is 10.3. The molecule has 0 bridgehead atoms. The van der Waals surface area contributed by atoms with Crippen LogP contribution in [0, 0.1) is 0 Å². The van der Waals surface area contributed by atoms with E-state index in [2.05, 4.69) is 17.4 Å². The average molecular weight is 288 g/mol. The maximum absolute atomic E-state index is 11.7. The molecule has 0 aromatic heterocycles. The molecule has 1 saturated carbocycles. The minimum Gasteiger partial charge on any atom is -0.382 e. The minimum absolute atomic E-state index is 0.244. The highest BCUT2D eigenvalue weighted by molar-refractivity contribution is 5.95. The fraction of sp³-hybridized carbons (Fsp3) is 0.588. The summed E-state index contributed by atoms with van der Waals surface area (Å²) < 4.78 is 5.41. The van der Waals surface area contributed by atoms with E-state index in [0.717, 1.165) is 50.0 Å². The number of carbonyl (C=O) groups is 1. The van der Waals surface area contributed by atoms with Gasteiger partial charge in [0.1, 0.15) is 0 Å². The molecule has 0 atom stereocenters. The molecule has 4 nitrogen and oxygen atoms in total. The first kappa shape index (κ1) is 14.4. The zero-order chi connectivity index (χ0) is 14.7. The van der Waals surface area contributed by atoms with Crippen LogP contribution in [0.15, 0.2) is 24.3 Å². The van der Waals surface area contributed by atoms with Crippen molar-refractivity contribution in [1.82, 2.24) is 0 Å². The van der Waals surface area contributed by atoms with Crippen LogP contribution in [0.25, 0.3) is 0 Å². The fourth-order valence-corrected chi connectivity index (χ4v) is 3.34. The molecule has 0 unspecified atom stereocenters. The van der Waals surface area contributed by atoms with Crippen molar-refractivity contribution >= 4 is 17.3 Å². The summed E-state index contributed by atoms with van der Waals surface area (Å²) in [4.78, 5) is 13.6. The highest BCUT2D eigenvalue weighted by Gasteiger charge is 2.22. The number of benzene rings is 1. The number of nitrogens with one attached hydrogen (secondary N) is 1. The standard InChI is InChI=1S/C17H24N2O2/c1-21-16-10-6-14(7-11-16)18-13-4-8-15(9-5-13)19-12-2-3-17(19)20/h4-5,8-9,14,16,18H,2-3,6-7,10-12H2,1H3. The predicted octanol–water partition coefficient (Wildman–Crippen LogP) is 3.18. The first-order valence-electron chi connectivity index (χ1n) is 7.96. The van der Waals surface area contributed by atoms with Crippen molar-refractivity contribution in [1.29, 1.82) is 0 Å². The van der Waals surface area contributed by atoms with Crippen LogP contribution in [0.4, 0.5) is 11.4 Å². The topological polar surface area (TPSA) is 41.6 Å². The summed E-state index contributed by atoms with van der Waals surface area (Å²) in [6.07, 6.45) is 6.68. The zero-order valence-electron chi connectivity index (χ0n) is 12.7. The van der Waals surface area contributed by atoms with Crippen LogP contribution in [0.2, 0.25) is 0 Å². The van der Waals surface area contributed by atoms with Gasteiger partial charge in [-0.25, -0.2) is 0 Å². The molecule has 1 aliphatic heterocycles. The number of rotatable bonds is 4. The molecule has 0 spiro atoms. The smallest absolute Gasteiger partial charge is 0.227 e. The van der Waals surface area contributed by atoms with Gasteiger partial charge in [0, 0.05) is 37.5 Å². The molecular formula is C17H24N2O2. The van der Waals surface area contributed by atoms with E-state index in [4.69, 9.17) is 4.74 Å². The van der Waals surface area contributed by atoms with Gasteiger partial charge in [0.2, 0.25) is 5.91 Å². The van der Waals surface area contributed by atoms with Crippen LogP contribution in [-0.4, -0.2) is 31.7 Å². The van der Waals surface area contributed by atoms with Crippen molar-refractivity contribution in [2.24, 2.45) is 0 Å². The summed E-state index contributed by atoms with van der Waals surface area (Å²) in [5.74, 6) is 0.244. The van der Waals surface area contributed by atoms with E-state index in [-0.39, 0.29) is 5.91 Å². The van der Waals surface area contributed by atoms with Gasteiger partial charge in [0.05, 0.1) is 6.10 Å². The van der Waals surface area contributed by atoms with Crippen LogP contribution >= 0.6 is 0 Å². The van der Waals surface area contributed by atoms with Gasteiger partial charge < -0.3 is 15.0 Å². The van der Waals surface area contributed by atoms with E-state index in [0.29, 0.717) is 18.6 Å². The number of amides is 1. The Morgan fingerprint density at radius 1 is 1.14 bits per heavy atom. The summed E-state index contributed by atoms with van der Waals surface area (Å²) in [5.41, 5.74) is 2.16. The maximum atomic E-state index is 11.7. The highest BCUT2D eigenvalue weighted by Crippen LogP contribution is 2.26. The van der Waals surface area contributed by atoms with E-state index in [9.17, 15) is 4.79 Å². The predicted molar refractivity (Wildman–Crippen MR) is 84.7 cm³/mol. The lowest BCUT2D eigenvalue weighted by Gasteiger charge is -2.29. The number of anilines is 2. The minimum atomic E-state index is 0.244. The van der Waals surface area contributed by atoms with Crippen molar-refractivity contribution < 1.29 is 9.53 Å². The molecule has 1 aliphatic carbocycles. The summed E-state index contributed by atoms with van der Waals surface area (Å²) in [5, 5.41) is 3.60. The Hall–Kier alpha value is -1.55. The Balaban J connectivity index is 1.56. The Morgan fingerprint density at radius 2 is 1.86 bits per heavy atom. The van der Waals surface area contributed by atoms with E-state index < -0.39 is 0 Å². The van der Waals surface area contributed by atoms with Gasteiger partial charge in [-0.05, 0) is 56.4 Å². The van der Waals surface area contributed by atoms with Crippen molar-refractivity contribution in [3.8, 4) is 0 Å². The molecule has 114 valence electrons. The van der Waals surface area contributed by atoms with E-state index in [1.165, 1.54) is 0 Å². The van der Waals surface area contributed by atoms with Gasteiger partial charge in [-0.1, -0.05) is 0 Å². The molecule has 3 rings (SSSR count). The molecule has 1 saturated heterocycles. The Labute approximate surface area is 126 Å².